The lowest BCUT2D eigenvalue weighted by molar-refractivity contribution is -0.127. The lowest BCUT2D eigenvalue weighted by Gasteiger charge is -2.17. The van der Waals surface area contributed by atoms with Gasteiger partial charge in [-0.3, -0.25) is 4.79 Å². The molecule has 1 rings (SSSR count). The van der Waals surface area contributed by atoms with E-state index in [0.29, 0.717) is 5.56 Å². The lowest BCUT2D eigenvalue weighted by Crippen LogP contribution is -2.36. The topological polar surface area (TPSA) is 40.5 Å². The van der Waals surface area contributed by atoms with Crippen LogP contribution in [-0.4, -0.2) is 42.0 Å². The Morgan fingerprint density at radius 1 is 1.33 bits per heavy atom. The van der Waals surface area contributed by atoms with Gasteiger partial charge < -0.3 is 10.0 Å². The minimum absolute atomic E-state index is 0.146. The summed E-state index contributed by atoms with van der Waals surface area (Å²) in [7, 11) is 0. The normalized spacial score (nSPS) is 9.78. The Labute approximate surface area is 104 Å². The molecular weight excluding hydrogens is 240 g/mol. The molecule has 0 fully saturated rings. The molecule has 0 aliphatic heterocycles. The molecule has 1 aromatic carbocycles. The van der Waals surface area contributed by atoms with Crippen molar-refractivity contribution in [2.75, 3.05) is 19.7 Å². The Hall–Kier alpha value is -1.93. The molecule has 0 unspecified atom stereocenters. The minimum Gasteiger partial charge on any atom is -0.395 e. The average Bonchev–Trinajstić information content (AvgIpc) is 2.36. The van der Waals surface area contributed by atoms with Crippen molar-refractivity contribution in [3.05, 3.63) is 35.9 Å². The summed E-state index contributed by atoms with van der Waals surface area (Å²) >= 11 is 0. The van der Waals surface area contributed by atoms with Crippen LogP contribution in [0.4, 0.5) is 8.78 Å². The van der Waals surface area contributed by atoms with Crippen LogP contribution in [0.5, 0.6) is 0 Å². The number of carbonyl (C=O) groups excluding carboxylic acids is 1. The molecule has 0 spiro atoms. The minimum atomic E-state index is -2.64. The summed E-state index contributed by atoms with van der Waals surface area (Å²) in [5.41, 5.74) is 0.631. The number of amides is 1. The predicted octanol–water partition coefficient (Wildman–Crippen LogP) is 1.12. The first-order valence-electron chi connectivity index (χ1n) is 5.38. The molecular formula is C13H13F2NO2. The van der Waals surface area contributed by atoms with Crippen LogP contribution in [0.1, 0.15) is 5.56 Å². The number of aliphatic hydroxyl groups excluding tert-OH is 1. The van der Waals surface area contributed by atoms with Gasteiger partial charge in [0, 0.05) is 18.0 Å². The molecule has 1 N–H and O–H groups in total. The van der Waals surface area contributed by atoms with E-state index < -0.39 is 18.9 Å². The van der Waals surface area contributed by atoms with E-state index in [1.54, 1.807) is 24.3 Å². The van der Waals surface area contributed by atoms with Crippen LogP contribution < -0.4 is 0 Å². The van der Waals surface area contributed by atoms with Crippen LogP contribution in [0.25, 0.3) is 0 Å². The maximum Gasteiger partial charge on any atom is 0.299 e. The zero-order chi connectivity index (χ0) is 13.4. The van der Waals surface area contributed by atoms with Crippen molar-refractivity contribution in [1.29, 1.82) is 0 Å². The van der Waals surface area contributed by atoms with E-state index in [-0.39, 0.29) is 13.2 Å². The second-order valence-corrected chi connectivity index (χ2v) is 3.48. The van der Waals surface area contributed by atoms with Crippen LogP contribution in [0, 0.1) is 11.8 Å². The van der Waals surface area contributed by atoms with Gasteiger partial charge in [-0.05, 0) is 12.1 Å². The van der Waals surface area contributed by atoms with Gasteiger partial charge in [0.15, 0.2) is 0 Å². The Balaban J connectivity index is 2.70. The summed E-state index contributed by atoms with van der Waals surface area (Å²) in [5, 5.41) is 8.70. The number of halogens is 2. The summed E-state index contributed by atoms with van der Waals surface area (Å²) < 4.78 is 24.4. The summed E-state index contributed by atoms with van der Waals surface area (Å²) in [6, 6.07) is 8.76. The van der Waals surface area contributed by atoms with Gasteiger partial charge in [0.05, 0.1) is 13.2 Å². The number of benzene rings is 1. The second kappa shape index (κ2) is 7.41. The largest absolute Gasteiger partial charge is 0.395 e. The molecule has 1 amide bonds. The Kier molecular flexibility index (Phi) is 5.81. The highest BCUT2D eigenvalue weighted by Gasteiger charge is 2.15. The highest BCUT2D eigenvalue weighted by molar-refractivity contribution is 5.94. The van der Waals surface area contributed by atoms with Crippen LogP contribution in [0.15, 0.2) is 30.3 Å². The molecule has 0 saturated carbocycles. The number of aliphatic hydroxyl groups is 1. The van der Waals surface area contributed by atoms with Crippen LogP contribution in [0.3, 0.4) is 0 Å². The molecule has 0 aromatic heterocycles. The number of nitrogens with zero attached hydrogens (tertiary/aromatic N) is 1. The highest BCUT2D eigenvalue weighted by Crippen LogP contribution is 1.99. The molecule has 3 nitrogen and oxygen atoms in total. The highest BCUT2D eigenvalue weighted by atomic mass is 19.3. The fourth-order valence-corrected chi connectivity index (χ4v) is 1.29. The van der Waals surface area contributed by atoms with E-state index in [1.807, 2.05) is 6.07 Å². The number of hydrogen-bond donors (Lipinski definition) is 1. The molecule has 0 atom stereocenters. The summed E-state index contributed by atoms with van der Waals surface area (Å²) in [6.45, 7) is -1.24. The molecule has 0 bridgehead atoms. The number of rotatable bonds is 4. The summed E-state index contributed by atoms with van der Waals surface area (Å²) in [5.74, 6) is 4.16. The third kappa shape index (κ3) is 4.93. The predicted molar refractivity (Wildman–Crippen MR) is 63.0 cm³/mol. The summed E-state index contributed by atoms with van der Waals surface area (Å²) in [4.78, 5) is 12.4. The van der Waals surface area contributed by atoms with Crippen LogP contribution in [-0.2, 0) is 4.79 Å². The van der Waals surface area contributed by atoms with Gasteiger partial charge in [0.25, 0.3) is 12.3 Å². The Morgan fingerprint density at radius 2 is 2.00 bits per heavy atom. The van der Waals surface area contributed by atoms with Crippen molar-refractivity contribution in [2.45, 2.75) is 6.43 Å². The third-order valence-electron chi connectivity index (χ3n) is 2.10. The summed E-state index contributed by atoms with van der Waals surface area (Å²) in [6.07, 6.45) is -2.64. The van der Waals surface area contributed by atoms with Crippen molar-refractivity contribution in [3.8, 4) is 11.8 Å². The van der Waals surface area contributed by atoms with E-state index in [4.69, 9.17) is 5.11 Å². The zero-order valence-corrected chi connectivity index (χ0v) is 9.64. The maximum atomic E-state index is 12.2. The van der Waals surface area contributed by atoms with Crippen molar-refractivity contribution >= 4 is 5.91 Å². The standard InChI is InChI=1S/C13H13F2NO2/c14-12(15)10-16(8-9-17)13(18)7-6-11-4-2-1-3-5-11/h1-5,12,17H,8-10H2. The van der Waals surface area contributed by atoms with Gasteiger partial charge in [-0.15, -0.1) is 0 Å². The van der Waals surface area contributed by atoms with Crippen molar-refractivity contribution in [3.63, 3.8) is 0 Å². The van der Waals surface area contributed by atoms with E-state index in [1.165, 1.54) is 0 Å². The number of carbonyl (C=O) groups is 1. The quantitative estimate of drug-likeness (QED) is 0.817. The SMILES string of the molecule is O=C(C#Cc1ccccc1)N(CCO)CC(F)F. The van der Waals surface area contributed by atoms with Crippen molar-refractivity contribution in [2.24, 2.45) is 0 Å². The molecule has 0 saturated heterocycles. The monoisotopic (exact) mass is 253 g/mol. The fraction of sp³-hybridized carbons (Fsp3) is 0.308. The van der Waals surface area contributed by atoms with Crippen LogP contribution >= 0.6 is 0 Å². The maximum absolute atomic E-state index is 12.2. The zero-order valence-electron chi connectivity index (χ0n) is 9.64. The van der Waals surface area contributed by atoms with E-state index in [2.05, 4.69) is 11.8 Å². The molecule has 18 heavy (non-hydrogen) atoms. The van der Waals surface area contributed by atoms with Gasteiger partial charge in [-0.25, -0.2) is 8.78 Å². The molecule has 1 aromatic rings. The lowest BCUT2D eigenvalue weighted by atomic mass is 10.2. The van der Waals surface area contributed by atoms with E-state index in [0.717, 1.165) is 4.90 Å². The second-order valence-electron chi connectivity index (χ2n) is 3.48. The van der Waals surface area contributed by atoms with Gasteiger partial charge >= 0.3 is 0 Å². The molecule has 5 heteroatoms. The number of hydrogen-bond acceptors (Lipinski definition) is 2. The van der Waals surface area contributed by atoms with Crippen molar-refractivity contribution < 1.29 is 18.7 Å². The molecule has 0 radical (unpaired) electrons. The van der Waals surface area contributed by atoms with Gasteiger partial charge in [0.1, 0.15) is 0 Å². The van der Waals surface area contributed by atoms with Crippen molar-refractivity contribution in [1.82, 2.24) is 4.90 Å². The van der Waals surface area contributed by atoms with Crippen LogP contribution in [0.2, 0.25) is 0 Å². The first-order valence-corrected chi connectivity index (χ1v) is 5.38. The van der Waals surface area contributed by atoms with E-state index in [9.17, 15) is 13.6 Å². The van der Waals surface area contributed by atoms with E-state index >= 15 is 0 Å². The first kappa shape index (κ1) is 14.1. The van der Waals surface area contributed by atoms with Gasteiger partial charge in [-0.2, -0.15) is 0 Å². The Bertz CT molecular complexity index is 437. The molecule has 0 heterocycles. The fourth-order valence-electron chi connectivity index (χ4n) is 1.29. The molecule has 96 valence electrons. The number of alkyl halides is 2. The smallest absolute Gasteiger partial charge is 0.299 e. The molecule has 0 aliphatic carbocycles. The average molecular weight is 253 g/mol. The molecule has 0 aliphatic rings. The Morgan fingerprint density at radius 3 is 2.56 bits per heavy atom. The van der Waals surface area contributed by atoms with Gasteiger partial charge in [-0.1, -0.05) is 24.1 Å². The first-order chi connectivity index (χ1) is 8.63. The van der Waals surface area contributed by atoms with Gasteiger partial charge in [0.2, 0.25) is 0 Å². The third-order valence-corrected chi connectivity index (χ3v) is 2.10.